The summed E-state index contributed by atoms with van der Waals surface area (Å²) in [7, 11) is 0. The molecule has 0 aliphatic rings. The van der Waals surface area contributed by atoms with E-state index in [0.717, 1.165) is 5.56 Å². The lowest BCUT2D eigenvalue weighted by molar-refractivity contribution is -0.137. The first kappa shape index (κ1) is 31.0. The van der Waals surface area contributed by atoms with E-state index < -0.39 is 17.4 Å². The average molecular weight is 583 g/mol. The monoisotopic (exact) mass is 582 g/mol. The van der Waals surface area contributed by atoms with E-state index in [1.54, 1.807) is 98.8 Å². The molecule has 4 aromatic rings. The van der Waals surface area contributed by atoms with Crippen LogP contribution in [0, 0.1) is 5.82 Å². The zero-order valence-corrected chi connectivity index (χ0v) is 24.2. The van der Waals surface area contributed by atoms with Crippen LogP contribution in [0.25, 0.3) is 0 Å². The number of rotatable bonds is 14. The molecular formula is C35H35FN2O5. The highest BCUT2D eigenvalue weighted by molar-refractivity contribution is 6.12. The van der Waals surface area contributed by atoms with Gasteiger partial charge in [0, 0.05) is 29.8 Å². The van der Waals surface area contributed by atoms with E-state index in [-0.39, 0.29) is 23.9 Å². The molecule has 1 unspecified atom stereocenters. The number of para-hydroxylation sites is 1. The molecule has 43 heavy (non-hydrogen) atoms. The van der Waals surface area contributed by atoms with Crippen LogP contribution >= 0.6 is 0 Å². The number of nitrogens with one attached hydrogen (secondary N) is 2. The second-order valence-electron chi connectivity index (χ2n) is 10.7. The maximum absolute atomic E-state index is 13.6. The van der Waals surface area contributed by atoms with Crippen LogP contribution in [0.4, 0.5) is 10.1 Å². The Morgan fingerprint density at radius 1 is 0.884 bits per heavy atom. The van der Waals surface area contributed by atoms with Gasteiger partial charge in [-0.2, -0.15) is 0 Å². The standard InChI is InChI=1S/C35H35FN2O5/c1-35(2,26-12-8-13-27(36)23-26)34(42)37-20-9-21-43-28-18-16-24(17-19-28)22-31(33(40)41)38-30-15-7-6-14-29(30)32(39)25-10-4-3-5-11-25/h3-8,10-19,23,31,38H,9,20-22H2,1-2H3,(H,37,42)(H,40,41). The summed E-state index contributed by atoms with van der Waals surface area (Å²) in [5.74, 6) is -1.19. The van der Waals surface area contributed by atoms with Gasteiger partial charge in [-0.1, -0.05) is 66.7 Å². The van der Waals surface area contributed by atoms with E-state index in [4.69, 9.17) is 4.74 Å². The molecule has 0 spiro atoms. The van der Waals surface area contributed by atoms with Gasteiger partial charge >= 0.3 is 5.97 Å². The molecule has 1 atom stereocenters. The molecule has 0 aromatic heterocycles. The number of hydrogen-bond donors (Lipinski definition) is 3. The fraction of sp³-hybridized carbons (Fsp3) is 0.229. The molecule has 0 fully saturated rings. The Morgan fingerprint density at radius 2 is 1.58 bits per heavy atom. The van der Waals surface area contributed by atoms with Crippen molar-refractivity contribution in [2.24, 2.45) is 0 Å². The van der Waals surface area contributed by atoms with Gasteiger partial charge < -0.3 is 20.5 Å². The lowest BCUT2D eigenvalue weighted by atomic mass is 9.83. The normalized spacial score (nSPS) is 11.8. The number of carboxylic acid groups (broad SMARTS) is 1. The van der Waals surface area contributed by atoms with Gasteiger partial charge in [0.1, 0.15) is 17.6 Å². The maximum Gasteiger partial charge on any atom is 0.326 e. The minimum atomic E-state index is -1.04. The summed E-state index contributed by atoms with van der Waals surface area (Å²) >= 11 is 0. The minimum Gasteiger partial charge on any atom is -0.494 e. The van der Waals surface area contributed by atoms with Gasteiger partial charge in [0.25, 0.3) is 0 Å². The predicted molar refractivity (Wildman–Crippen MR) is 164 cm³/mol. The largest absolute Gasteiger partial charge is 0.494 e. The molecule has 3 N–H and O–H groups in total. The fourth-order valence-electron chi connectivity index (χ4n) is 4.59. The Balaban J connectivity index is 1.28. The third-order valence-electron chi connectivity index (χ3n) is 7.19. The Labute approximate surface area is 250 Å². The second-order valence-corrected chi connectivity index (χ2v) is 10.7. The number of carbonyl (C=O) groups excluding carboxylic acids is 2. The number of amides is 1. The van der Waals surface area contributed by atoms with Gasteiger partial charge in [0.05, 0.1) is 12.0 Å². The highest BCUT2D eigenvalue weighted by Crippen LogP contribution is 2.24. The van der Waals surface area contributed by atoms with E-state index in [9.17, 15) is 23.9 Å². The zero-order chi connectivity index (χ0) is 30.8. The van der Waals surface area contributed by atoms with Crippen molar-refractivity contribution in [1.29, 1.82) is 0 Å². The van der Waals surface area contributed by atoms with Crippen molar-refractivity contribution in [2.75, 3.05) is 18.5 Å². The van der Waals surface area contributed by atoms with Crippen LogP contribution in [-0.4, -0.2) is 42.0 Å². The minimum absolute atomic E-state index is 0.191. The van der Waals surface area contributed by atoms with Crippen LogP contribution < -0.4 is 15.4 Å². The van der Waals surface area contributed by atoms with E-state index in [2.05, 4.69) is 10.6 Å². The molecule has 0 radical (unpaired) electrons. The Bertz CT molecular complexity index is 1550. The third kappa shape index (κ3) is 8.29. The molecule has 4 rings (SSSR count). The topological polar surface area (TPSA) is 105 Å². The number of aliphatic carboxylic acids is 1. The molecule has 0 saturated heterocycles. The molecule has 0 aliphatic heterocycles. The van der Waals surface area contributed by atoms with Gasteiger partial charge in [-0.05, 0) is 67.8 Å². The lowest BCUT2D eigenvalue weighted by Crippen LogP contribution is -2.40. The van der Waals surface area contributed by atoms with Crippen molar-refractivity contribution in [1.82, 2.24) is 5.32 Å². The van der Waals surface area contributed by atoms with Gasteiger partial charge in [-0.15, -0.1) is 0 Å². The molecule has 1 amide bonds. The molecule has 222 valence electrons. The van der Waals surface area contributed by atoms with Crippen LogP contribution in [0.5, 0.6) is 5.75 Å². The number of ether oxygens (including phenoxy) is 1. The van der Waals surface area contributed by atoms with E-state index >= 15 is 0 Å². The van der Waals surface area contributed by atoms with E-state index in [0.29, 0.717) is 47.7 Å². The Morgan fingerprint density at radius 3 is 2.28 bits per heavy atom. The smallest absolute Gasteiger partial charge is 0.326 e. The van der Waals surface area contributed by atoms with Crippen molar-refractivity contribution in [3.05, 3.63) is 131 Å². The molecule has 7 nitrogen and oxygen atoms in total. The van der Waals surface area contributed by atoms with Crippen LogP contribution in [0.3, 0.4) is 0 Å². The van der Waals surface area contributed by atoms with Crippen molar-refractivity contribution >= 4 is 23.3 Å². The molecule has 0 bridgehead atoms. The summed E-state index contributed by atoms with van der Waals surface area (Å²) in [6.45, 7) is 4.27. The Kier molecular flexibility index (Phi) is 10.3. The van der Waals surface area contributed by atoms with Gasteiger partial charge in [-0.25, -0.2) is 9.18 Å². The number of ketones is 1. The summed E-state index contributed by atoms with van der Waals surface area (Å²) in [4.78, 5) is 37.8. The molecule has 0 heterocycles. The lowest BCUT2D eigenvalue weighted by Gasteiger charge is -2.24. The van der Waals surface area contributed by atoms with Crippen LogP contribution in [0.1, 0.15) is 47.3 Å². The first-order valence-electron chi connectivity index (χ1n) is 14.1. The van der Waals surface area contributed by atoms with Gasteiger partial charge in [0.2, 0.25) is 5.91 Å². The van der Waals surface area contributed by atoms with E-state index in [1.807, 2.05) is 6.07 Å². The quantitative estimate of drug-likeness (QED) is 0.124. The molecule has 4 aromatic carbocycles. The van der Waals surface area contributed by atoms with Crippen molar-refractivity contribution in [2.45, 2.75) is 38.1 Å². The number of hydrogen-bond acceptors (Lipinski definition) is 5. The highest BCUT2D eigenvalue weighted by Gasteiger charge is 2.29. The van der Waals surface area contributed by atoms with Gasteiger partial charge in [-0.3, -0.25) is 9.59 Å². The second kappa shape index (κ2) is 14.3. The molecule has 0 saturated carbocycles. The first-order valence-corrected chi connectivity index (χ1v) is 14.1. The van der Waals surface area contributed by atoms with Crippen molar-refractivity contribution in [3.8, 4) is 5.75 Å². The number of benzene rings is 4. The predicted octanol–water partition coefficient (Wildman–Crippen LogP) is 6.03. The maximum atomic E-state index is 13.6. The summed E-state index contributed by atoms with van der Waals surface area (Å²) in [6, 6.07) is 28.0. The van der Waals surface area contributed by atoms with Crippen LogP contribution in [-0.2, 0) is 21.4 Å². The first-order chi connectivity index (χ1) is 20.6. The van der Waals surface area contributed by atoms with Gasteiger partial charge in [0.15, 0.2) is 5.78 Å². The third-order valence-corrected chi connectivity index (χ3v) is 7.19. The molecular weight excluding hydrogens is 547 g/mol. The van der Waals surface area contributed by atoms with Crippen LogP contribution in [0.2, 0.25) is 0 Å². The summed E-state index contributed by atoms with van der Waals surface area (Å²) in [5.41, 5.74) is 1.89. The van der Waals surface area contributed by atoms with E-state index in [1.165, 1.54) is 12.1 Å². The number of halogens is 1. The zero-order valence-electron chi connectivity index (χ0n) is 24.2. The highest BCUT2D eigenvalue weighted by atomic mass is 19.1. The SMILES string of the molecule is CC(C)(C(=O)NCCCOc1ccc(CC(Nc2ccccc2C(=O)c2ccccc2)C(=O)O)cc1)c1cccc(F)c1. The van der Waals surface area contributed by atoms with Crippen molar-refractivity contribution < 1.29 is 28.6 Å². The van der Waals surface area contributed by atoms with Crippen molar-refractivity contribution in [3.63, 3.8) is 0 Å². The molecule has 8 heteroatoms. The number of anilines is 1. The fourth-order valence-corrected chi connectivity index (χ4v) is 4.59. The van der Waals surface area contributed by atoms with Crippen LogP contribution in [0.15, 0.2) is 103 Å². The number of carbonyl (C=O) groups is 3. The summed E-state index contributed by atoms with van der Waals surface area (Å²) < 4.78 is 19.4. The molecule has 0 aliphatic carbocycles. The summed E-state index contributed by atoms with van der Waals surface area (Å²) in [5, 5.41) is 15.8. The average Bonchev–Trinajstić information content (AvgIpc) is 3.01. The summed E-state index contributed by atoms with van der Waals surface area (Å²) in [6.07, 6.45) is 0.759. The number of carboxylic acids is 1. The Hall–Kier alpha value is -4.98.